The van der Waals surface area contributed by atoms with Gasteiger partial charge in [-0.15, -0.1) is 0 Å². The fourth-order valence-corrected chi connectivity index (χ4v) is 2.71. The number of aromatic hydroxyl groups is 1. The number of aromatic nitrogens is 1. The zero-order valence-electron chi connectivity index (χ0n) is 13.7. The maximum Gasteiger partial charge on any atom is 0.350 e. The number of ether oxygens (including phenoxy) is 2. The lowest BCUT2D eigenvalue weighted by molar-refractivity contribution is 0.0531. The number of esters is 1. The Labute approximate surface area is 144 Å². The standard InChI is InChI=1S/C16H19N3O4S/c1-4-22-13-8-12(20)7-6-11(13)9-17-19-16-18-10(3)14(24-16)15(21)23-5-2/h6-9,20H,4-5H2,1-3H3,(H,18,19)/b17-9-. The van der Waals surface area contributed by atoms with E-state index in [0.717, 1.165) is 0 Å². The third-order valence-corrected chi connectivity index (χ3v) is 3.96. The van der Waals surface area contributed by atoms with Crippen molar-refractivity contribution in [2.45, 2.75) is 20.8 Å². The van der Waals surface area contributed by atoms with Crippen LogP contribution in [0.3, 0.4) is 0 Å². The van der Waals surface area contributed by atoms with E-state index in [0.29, 0.717) is 40.2 Å². The topological polar surface area (TPSA) is 93.0 Å². The van der Waals surface area contributed by atoms with E-state index in [1.807, 2.05) is 6.92 Å². The van der Waals surface area contributed by atoms with Gasteiger partial charge in [0, 0.05) is 11.6 Å². The van der Waals surface area contributed by atoms with Crippen molar-refractivity contribution in [2.24, 2.45) is 5.10 Å². The van der Waals surface area contributed by atoms with Crippen LogP contribution in [0.15, 0.2) is 23.3 Å². The van der Waals surface area contributed by atoms with E-state index >= 15 is 0 Å². The number of phenols is 1. The second-order valence-corrected chi connectivity index (χ2v) is 5.68. The van der Waals surface area contributed by atoms with Crippen molar-refractivity contribution in [2.75, 3.05) is 18.6 Å². The predicted octanol–water partition coefficient (Wildman–Crippen LogP) is 3.18. The number of rotatable bonds is 7. The lowest BCUT2D eigenvalue weighted by Crippen LogP contribution is -2.03. The summed E-state index contributed by atoms with van der Waals surface area (Å²) in [4.78, 5) is 16.5. The highest BCUT2D eigenvalue weighted by Crippen LogP contribution is 2.24. The highest BCUT2D eigenvalue weighted by atomic mass is 32.1. The van der Waals surface area contributed by atoms with Crippen molar-refractivity contribution in [1.29, 1.82) is 0 Å². The number of anilines is 1. The fraction of sp³-hybridized carbons (Fsp3) is 0.312. The molecule has 0 saturated heterocycles. The van der Waals surface area contributed by atoms with Crippen molar-refractivity contribution in [3.63, 3.8) is 0 Å². The van der Waals surface area contributed by atoms with Crippen molar-refractivity contribution in [3.8, 4) is 11.5 Å². The maximum absolute atomic E-state index is 11.8. The number of nitrogens with zero attached hydrogens (tertiary/aromatic N) is 2. The minimum absolute atomic E-state index is 0.123. The van der Waals surface area contributed by atoms with Crippen LogP contribution < -0.4 is 10.2 Å². The number of hydrogen-bond donors (Lipinski definition) is 2. The SMILES string of the molecule is CCOC(=O)c1sc(N/N=C\c2ccc(O)cc2OCC)nc1C. The van der Waals surface area contributed by atoms with Crippen LogP contribution in [0.2, 0.25) is 0 Å². The molecular formula is C16H19N3O4S. The number of nitrogens with one attached hydrogen (secondary N) is 1. The summed E-state index contributed by atoms with van der Waals surface area (Å²) in [6, 6.07) is 4.77. The molecular weight excluding hydrogens is 330 g/mol. The van der Waals surface area contributed by atoms with Gasteiger partial charge in [0.2, 0.25) is 5.13 Å². The minimum atomic E-state index is -0.387. The van der Waals surface area contributed by atoms with Gasteiger partial charge in [0.1, 0.15) is 16.4 Å². The average Bonchev–Trinajstić information content (AvgIpc) is 2.91. The molecule has 1 aromatic heterocycles. The number of phenolic OH excluding ortho intramolecular Hbond substituents is 1. The van der Waals surface area contributed by atoms with Gasteiger partial charge in [-0.1, -0.05) is 11.3 Å². The normalized spacial score (nSPS) is 10.8. The summed E-state index contributed by atoms with van der Waals surface area (Å²) in [6.07, 6.45) is 1.56. The summed E-state index contributed by atoms with van der Waals surface area (Å²) in [5, 5.41) is 14.1. The minimum Gasteiger partial charge on any atom is -0.508 e. The van der Waals surface area contributed by atoms with Crippen LogP contribution in [0.1, 0.15) is 34.8 Å². The van der Waals surface area contributed by atoms with Gasteiger partial charge >= 0.3 is 5.97 Å². The van der Waals surface area contributed by atoms with Crippen molar-refractivity contribution in [3.05, 3.63) is 34.3 Å². The van der Waals surface area contributed by atoms with E-state index in [1.165, 1.54) is 17.4 Å². The molecule has 0 unspecified atom stereocenters. The molecule has 2 N–H and O–H groups in total. The molecule has 0 aliphatic carbocycles. The van der Waals surface area contributed by atoms with E-state index in [4.69, 9.17) is 9.47 Å². The van der Waals surface area contributed by atoms with Gasteiger partial charge in [-0.05, 0) is 32.9 Å². The second-order valence-electron chi connectivity index (χ2n) is 4.68. The molecule has 24 heavy (non-hydrogen) atoms. The quantitative estimate of drug-likeness (QED) is 0.453. The molecule has 0 bridgehead atoms. The van der Waals surface area contributed by atoms with Crippen molar-refractivity contribution < 1.29 is 19.4 Å². The number of thiazole rings is 1. The molecule has 0 radical (unpaired) electrons. The molecule has 0 amide bonds. The molecule has 2 rings (SSSR count). The summed E-state index contributed by atoms with van der Waals surface area (Å²) in [5.74, 6) is 0.269. The zero-order chi connectivity index (χ0) is 17.5. The Morgan fingerprint density at radius 2 is 2.21 bits per heavy atom. The first-order valence-corrected chi connectivity index (χ1v) is 8.26. The van der Waals surface area contributed by atoms with Gasteiger partial charge < -0.3 is 14.6 Å². The lowest BCUT2D eigenvalue weighted by atomic mass is 10.2. The number of aryl methyl sites for hydroxylation is 1. The molecule has 0 saturated carbocycles. The van der Waals surface area contributed by atoms with E-state index < -0.39 is 0 Å². The summed E-state index contributed by atoms with van der Waals surface area (Å²) in [6.45, 7) is 6.15. The summed E-state index contributed by atoms with van der Waals surface area (Å²) < 4.78 is 10.4. The molecule has 7 nitrogen and oxygen atoms in total. The van der Waals surface area contributed by atoms with Crippen LogP contribution in [-0.4, -0.2) is 35.5 Å². The molecule has 0 aliphatic rings. The molecule has 0 spiro atoms. The summed E-state index contributed by atoms with van der Waals surface area (Å²) >= 11 is 1.18. The molecule has 0 aliphatic heterocycles. The van der Waals surface area contributed by atoms with Crippen molar-refractivity contribution >= 4 is 28.7 Å². The number of hydrogen-bond acceptors (Lipinski definition) is 8. The predicted molar refractivity (Wildman–Crippen MR) is 93.3 cm³/mol. The molecule has 1 aromatic carbocycles. The smallest absolute Gasteiger partial charge is 0.350 e. The van der Waals surface area contributed by atoms with Crippen LogP contribution in [0.5, 0.6) is 11.5 Å². The van der Waals surface area contributed by atoms with E-state index in [2.05, 4.69) is 15.5 Å². The van der Waals surface area contributed by atoms with E-state index in [1.54, 1.807) is 32.2 Å². The van der Waals surface area contributed by atoms with Gasteiger partial charge in [0.15, 0.2) is 0 Å². The summed E-state index contributed by atoms with van der Waals surface area (Å²) in [5.41, 5.74) is 4.09. The first kappa shape index (κ1) is 17.7. The Morgan fingerprint density at radius 3 is 2.92 bits per heavy atom. The Bertz CT molecular complexity index is 743. The van der Waals surface area contributed by atoms with Crippen LogP contribution in [0, 0.1) is 6.92 Å². The highest BCUT2D eigenvalue weighted by Gasteiger charge is 2.15. The molecule has 0 atom stereocenters. The Balaban J connectivity index is 2.10. The molecule has 8 heteroatoms. The lowest BCUT2D eigenvalue weighted by Gasteiger charge is -2.06. The number of carbonyl (C=O) groups is 1. The third-order valence-electron chi connectivity index (χ3n) is 2.92. The van der Waals surface area contributed by atoms with Gasteiger partial charge in [-0.2, -0.15) is 5.10 Å². The second kappa shape index (κ2) is 8.30. The van der Waals surface area contributed by atoms with Crippen LogP contribution in [0.4, 0.5) is 5.13 Å². The largest absolute Gasteiger partial charge is 0.508 e. The van der Waals surface area contributed by atoms with Crippen LogP contribution in [-0.2, 0) is 4.74 Å². The Hall–Kier alpha value is -2.61. The van der Waals surface area contributed by atoms with Gasteiger partial charge in [0.05, 0.1) is 25.1 Å². The number of benzene rings is 1. The monoisotopic (exact) mass is 349 g/mol. The van der Waals surface area contributed by atoms with Crippen LogP contribution in [0.25, 0.3) is 0 Å². The molecule has 0 fully saturated rings. The molecule has 1 heterocycles. The van der Waals surface area contributed by atoms with Crippen LogP contribution >= 0.6 is 11.3 Å². The fourth-order valence-electron chi connectivity index (χ4n) is 1.90. The number of carbonyl (C=O) groups excluding carboxylic acids is 1. The third kappa shape index (κ3) is 4.45. The first-order valence-electron chi connectivity index (χ1n) is 7.44. The van der Waals surface area contributed by atoms with Gasteiger partial charge in [-0.3, -0.25) is 5.43 Å². The number of hydrazone groups is 1. The molecule has 2 aromatic rings. The van der Waals surface area contributed by atoms with Crippen molar-refractivity contribution in [1.82, 2.24) is 4.98 Å². The van der Waals surface area contributed by atoms with E-state index in [-0.39, 0.29) is 11.7 Å². The van der Waals surface area contributed by atoms with Gasteiger partial charge in [-0.25, -0.2) is 9.78 Å². The Kier molecular flexibility index (Phi) is 6.14. The Morgan fingerprint density at radius 1 is 1.42 bits per heavy atom. The zero-order valence-corrected chi connectivity index (χ0v) is 14.5. The van der Waals surface area contributed by atoms with Gasteiger partial charge in [0.25, 0.3) is 0 Å². The highest BCUT2D eigenvalue weighted by molar-refractivity contribution is 7.17. The average molecular weight is 349 g/mol. The van der Waals surface area contributed by atoms with E-state index in [9.17, 15) is 9.90 Å². The first-order chi connectivity index (χ1) is 11.5. The summed E-state index contributed by atoms with van der Waals surface area (Å²) in [7, 11) is 0. The maximum atomic E-state index is 11.8. The molecule has 128 valence electrons.